The van der Waals surface area contributed by atoms with Crippen LogP contribution in [0.5, 0.6) is 0 Å². The SMILES string of the molecule is FC(F)(F)c1cnn(-c2cnccc2CNC2CC2)c1. The van der Waals surface area contributed by atoms with Crippen LogP contribution in [0.3, 0.4) is 0 Å². The maximum atomic E-state index is 12.6. The average Bonchev–Trinajstić information content (AvgIpc) is 3.09. The van der Waals surface area contributed by atoms with Gasteiger partial charge in [0.05, 0.1) is 23.6 Å². The van der Waals surface area contributed by atoms with E-state index in [1.165, 1.54) is 10.9 Å². The summed E-state index contributed by atoms with van der Waals surface area (Å²) in [5.41, 5.74) is 0.683. The number of halogens is 3. The molecule has 1 aliphatic rings. The molecule has 1 aliphatic carbocycles. The molecular weight excluding hydrogens is 269 g/mol. The zero-order chi connectivity index (χ0) is 14.2. The highest BCUT2D eigenvalue weighted by Gasteiger charge is 2.32. The van der Waals surface area contributed by atoms with Crippen molar-refractivity contribution in [1.82, 2.24) is 20.1 Å². The van der Waals surface area contributed by atoms with E-state index in [1.807, 2.05) is 0 Å². The van der Waals surface area contributed by atoms with Crippen LogP contribution in [0.25, 0.3) is 5.69 Å². The normalized spacial score (nSPS) is 15.6. The van der Waals surface area contributed by atoms with Crippen LogP contribution in [0.2, 0.25) is 0 Å². The van der Waals surface area contributed by atoms with Gasteiger partial charge in [0.2, 0.25) is 0 Å². The van der Waals surface area contributed by atoms with Crippen LogP contribution >= 0.6 is 0 Å². The maximum Gasteiger partial charge on any atom is 0.419 e. The molecule has 0 atom stereocenters. The number of hydrogen-bond donors (Lipinski definition) is 1. The zero-order valence-electron chi connectivity index (χ0n) is 10.6. The molecule has 1 N–H and O–H groups in total. The number of nitrogens with one attached hydrogen (secondary N) is 1. The lowest BCUT2D eigenvalue weighted by Gasteiger charge is -2.09. The largest absolute Gasteiger partial charge is 0.419 e. The van der Waals surface area contributed by atoms with E-state index in [1.54, 1.807) is 12.3 Å². The van der Waals surface area contributed by atoms with Crippen LogP contribution in [-0.2, 0) is 12.7 Å². The molecule has 106 valence electrons. The lowest BCUT2D eigenvalue weighted by Crippen LogP contribution is -2.17. The molecule has 0 aromatic carbocycles. The molecule has 2 aromatic heterocycles. The maximum absolute atomic E-state index is 12.6. The van der Waals surface area contributed by atoms with Crippen LogP contribution in [0.15, 0.2) is 30.9 Å². The summed E-state index contributed by atoms with van der Waals surface area (Å²) < 4.78 is 39.0. The molecule has 0 amide bonds. The van der Waals surface area contributed by atoms with Crippen LogP contribution in [-0.4, -0.2) is 20.8 Å². The number of pyridine rings is 1. The Morgan fingerprint density at radius 2 is 2.10 bits per heavy atom. The first-order valence-electron chi connectivity index (χ1n) is 6.32. The van der Waals surface area contributed by atoms with Crippen molar-refractivity contribution in [3.8, 4) is 5.69 Å². The van der Waals surface area contributed by atoms with Gasteiger partial charge in [0.15, 0.2) is 0 Å². The fraction of sp³-hybridized carbons (Fsp3) is 0.385. The predicted molar refractivity (Wildman–Crippen MR) is 66.2 cm³/mol. The van der Waals surface area contributed by atoms with Gasteiger partial charge in [0, 0.05) is 25.0 Å². The van der Waals surface area contributed by atoms with Gasteiger partial charge in [0.1, 0.15) is 0 Å². The van der Waals surface area contributed by atoms with Gasteiger partial charge < -0.3 is 5.32 Å². The Morgan fingerprint density at radius 3 is 2.75 bits per heavy atom. The molecule has 20 heavy (non-hydrogen) atoms. The van der Waals surface area contributed by atoms with Crippen molar-refractivity contribution in [2.24, 2.45) is 0 Å². The molecule has 0 radical (unpaired) electrons. The second kappa shape index (κ2) is 4.90. The lowest BCUT2D eigenvalue weighted by molar-refractivity contribution is -0.137. The summed E-state index contributed by atoms with van der Waals surface area (Å²) in [6.07, 6.45) is 2.88. The highest BCUT2D eigenvalue weighted by molar-refractivity contribution is 5.38. The number of rotatable bonds is 4. The van der Waals surface area contributed by atoms with Gasteiger partial charge in [0.25, 0.3) is 0 Å². The minimum absolute atomic E-state index is 0.527. The fourth-order valence-electron chi connectivity index (χ4n) is 1.91. The molecule has 0 spiro atoms. The summed E-state index contributed by atoms with van der Waals surface area (Å²) in [6.45, 7) is 0.601. The van der Waals surface area contributed by atoms with E-state index in [0.29, 0.717) is 18.3 Å². The second-order valence-electron chi connectivity index (χ2n) is 4.83. The minimum Gasteiger partial charge on any atom is -0.310 e. The molecule has 3 rings (SSSR count). The first-order valence-corrected chi connectivity index (χ1v) is 6.32. The van der Waals surface area contributed by atoms with Crippen molar-refractivity contribution >= 4 is 0 Å². The predicted octanol–water partition coefficient (Wildman–Crippen LogP) is 2.54. The van der Waals surface area contributed by atoms with Gasteiger partial charge >= 0.3 is 6.18 Å². The van der Waals surface area contributed by atoms with Gasteiger partial charge in [-0.2, -0.15) is 18.3 Å². The Bertz CT molecular complexity index is 602. The molecule has 0 bridgehead atoms. The molecule has 7 heteroatoms. The van der Waals surface area contributed by atoms with E-state index in [2.05, 4.69) is 15.4 Å². The molecule has 0 unspecified atom stereocenters. The standard InChI is InChI=1S/C13H13F3N4/c14-13(15,16)10-6-19-20(8-10)12-7-17-4-3-9(12)5-18-11-1-2-11/h3-4,6-8,11,18H,1-2,5H2. The highest BCUT2D eigenvalue weighted by atomic mass is 19.4. The van der Waals surface area contributed by atoms with E-state index >= 15 is 0 Å². The average molecular weight is 282 g/mol. The molecule has 0 saturated heterocycles. The first kappa shape index (κ1) is 13.1. The van der Waals surface area contributed by atoms with E-state index < -0.39 is 11.7 Å². The quantitative estimate of drug-likeness (QED) is 0.937. The Balaban J connectivity index is 1.86. The second-order valence-corrected chi connectivity index (χ2v) is 4.83. The van der Waals surface area contributed by atoms with E-state index in [4.69, 9.17) is 0 Å². The highest BCUT2D eigenvalue weighted by Crippen LogP contribution is 2.29. The monoisotopic (exact) mass is 282 g/mol. The summed E-state index contributed by atoms with van der Waals surface area (Å²) in [5.74, 6) is 0. The molecule has 4 nitrogen and oxygen atoms in total. The summed E-state index contributed by atoms with van der Waals surface area (Å²) in [4.78, 5) is 3.97. The van der Waals surface area contributed by atoms with Gasteiger partial charge in [-0.1, -0.05) is 0 Å². The van der Waals surface area contributed by atoms with E-state index in [9.17, 15) is 13.2 Å². The smallest absolute Gasteiger partial charge is 0.310 e. The van der Waals surface area contributed by atoms with Crippen LogP contribution in [0.1, 0.15) is 24.0 Å². The van der Waals surface area contributed by atoms with E-state index in [-0.39, 0.29) is 0 Å². The van der Waals surface area contributed by atoms with Crippen LogP contribution < -0.4 is 5.32 Å². The van der Waals surface area contributed by atoms with Crippen molar-refractivity contribution in [2.45, 2.75) is 31.6 Å². The third-order valence-corrected chi connectivity index (χ3v) is 3.20. The van der Waals surface area contributed by atoms with Crippen molar-refractivity contribution in [3.05, 3.63) is 42.0 Å². The topological polar surface area (TPSA) is 42.7 Å². The van der Waals surface area contributed by atoms with Gasteiger partial charge in [-0.3, -0.25) is 4.98 Å². The molecule has 1 fully saturated rings. The van der Waals surface area contributed by atoms with Crippen LogP contribution in [0.4, 0.5) is 13.2 Å². The Labute approximate surface area is 113 Å². The van der Waals surface area contributed by atoms with Crippen molar-refractivity contribution in [2.75, 3.05) is 0 Å². The molecular formula is C13H13F3N4. The van der Waals surface area contributed by atoms with Gasteiger partial charge in [-0.15, -0.1) is 0 Å². The van der Waals surface area contributed by atoms with Crippen molar-refractivity contribution < 1.29 is 13.2 Å². The number of alkyl halides is 3. The van der Waals surface area contributed by atoms with Crippen LogP contribution in [0, 0.1) is 0 Å². The third-order valence-electron chi connectivity index (χ3n) is 3.20. The van der Waals surface area contributed by atoms with Crippen molar-refractivity contribution in [1.29, 1.82) is 0 Å². The molecule has 0 aliphatic heterocycles. The van der Waals surface area contributed by atoms with E-state index in [0.717, 1.165) is 30.8 Å². The van der Waals surface area contributed by atoms with Gasteiger partial charge in [-0.05, 0) is 24.5 Å². The summed E-state index contributed by atoms with van der Waals surface area (Å²) in [5, 5.41) is 7.11. The van der Waals surface area contributed by atoms with Crippen molar-refractivity contribution in [3.63, 3.8) is 0 Å². The fourth-order valence-corrected chi connectivity index (χ4v) is 1.91. The molecule has 1 saturated carbocycles. The zero-order valence-corrected chi connectivity index (χ0v) is 10.6. The lowest BCUT2D eigenvalue weighted by atomic mass is 10.2. The van der Waals surface area contributed by atoms with Gasteiger partial charge in [-0.25, -0.2) is 4.68 Å². The number of aromatic nitrogens is 3. The molecule has 2 aromatic rings. The minimum atomic E-state index is -4.38. The Hall–Kier alpha value is -1.89. The Kier molecular flexibility index (Phi) is 3.21. The summed E-state index contributed by atoms with van der Waals surface area (Å²) in [6, 6.07) is 2.32. The Morgan fingerprint density at radius 1 is 1.30 bits per heavy atom. The molecule has 2 heterocycles. The summed E-state index contributed by atoms with van der Waals surface area (Å²) in [7, 11) is 0. The number of hydrogen-bond acceptors (Lipinski definition) is 3. The third kappa shape index (κ3) is 2.82. The number of nitrogens with zero attached hydrogens (tertiary/aromatic N) is 3. The summed E-state index contributed by atoms with van der Waals surface area (Å²) >= 11 is 0. The first-order chi connectivity index (χ1) is 9.54.